The second-order valence-electron chi connectivity index (χ2n) is 1.34. The molecule has 0 radical (unpaired) electrons. The van der Waals surface area contributed by atoms with Crippen LogP contribution < -0.4 is 0 Å². The maximum absolute atomic E-state index is 8.63. The van der Waals surface area contributed by atoms with Gasteiger partial charge in [0.2, 0.25) is 0 Å². The summed E-state index contributed by atoms with van der Waals surface area (Å²) in [4.78, 5) is 0. The van der Waals surface area contributed by atoms with Gasteiger partial charge < -0.3 is 5.11 Å². The Labute approximate surface area is 85.7 Å². The van der Waals surface area contributed by atoms with Gasteiger partial charge in [-0.25, -0.2) is 0 Å². The molecule has 0 spiro atoms. The van der Waals surface area contributed by atoms with E-state index in [2.05, 4.69) is 0 Å². The molecule has 1 nitrogen and oxygen atoms in total. The number of phenolic OH excluding ortho intramolecular Hbond substituents is 1. The fourth-order valence-corrected chi connectivity index (χ4v) is 0.428. The van der Waals surface area contributed by atoms with Crippen molar-refractivity contribution in [2.24, 2.45) is 0 Å². The van der Waals surface area contributed by atoms with Crippen LogP contribution in [0.5, 0.6) is 5.75 Å². The summed E-state index contributed by atoms with van der Waals surface area (Å²) in [6, 6.07) is 8.71. The minimum absolute atomic E-state index is 0. The van der Waals surface area contributed by atoms with Crippen molar-refractivity contribution in [1.29, 1.82) is 0 Å². The quantitative estimate of drug-likeness (QED) is 0.552. The molecule has 1 aromatic rings. The molecular weight excluding hydrogens is 140 g/mol. The predicted molar refractivity (Wildman–Crippen MR) is 43.4 cm³/mol. The first-order valence-corrected chi connectivity index (χ1v) is 2.13. The van der Waals surface area contributed by atoms with Gasteiger partial charge in [-0.2, -0.15) is 0 Å². The Morgan fingerprint density at radius 2 is 1.44 bits per heavy atom. The summed E-state index contributed by atoms with van der Waals surface area (Å²) in [6.45, 7) is 0. The molecule has 2 heteroatoms. The van der Waals surface area contributed by atoms with Gasteiger partial charge >= 0.3 is 37.7 Å². The maximum atomic E-state index is 8.63. The number of phenols is 1. The van der Waals surface area contributed by atoms with Crippen molar-refractivity contribution >= 4 is 37.7 Å². The summed E-state index contributed by atoms with van der Waals surface area (Å²) in [5, 5.41) is 8.63. The van der Waals surface area contributed by atoms with Crippen molar-refractivity contribution in [3.63, 3.8) is 0 Å². The third-order valence-corrected chi connectivity index (χ3v) is 0.756. The van der Waals surface area contributed by atoms with E-state index in [-0.39, 0.29) is 45.2 Å². The normalized spacial score (nSPS) is 6.67. The van der Waals surface area contributed by atoms with Crippen molar-refractivity contribution in [2.75, 3.05) is 0 Å². The zero-order valence-corrected chi connectivity index (χ0v) is 3.83. The third kappa shape index (κ3) is 4.76. The summed E-state index contributed by atoms with van der Waals surface area (Å²) < 4.78 is 0. The molecule has 0 fully saturated rings. The van der Waals surface area contributed by atoms with Crippen LogP contribution in [-0.2, 0) is 0 Å². The first kappa shape index (κ1) is 12.0. The van der Waals surface area contributed by atoms with Crippen LogP contribution in [0.2, 0.25) is 0 Å². The van der Waals surface area contributed by atoms with Gasteiger partial charge in [-0.05, 0) is 12.1 Å². The molecule has 1 aromatic carbocycles. The first-order valence-electron chi connectivity index (χ1n) is 2.13. The van der Waals surface area contributed by atoms with Gasteiger partial charge in [-0.15, -0.1) is 0 Å². The number of aromatic hydroxyl groups is 1. The van der Waals surface area contributed by atoms with Gasteiger partial charge in [-0.1, -0.05) is 25.6 Å². The van der Waals surface area contributed by atoms with E-state index < -0.39 is 0 Å². The van der Waals surface area contributed by atoms with Gasteiger partial charge in [0.25, 0.3) is 0 Å². The van der Waals surface area contributed by atoms with Gasteiger partial charge in [-0.3, -0.25) is 0 Å². The summed E-state index contributed by atoms with van der Waals surface area (Å²) in [5.41, 5.74) is 0. The standard InChI is InChI=1S/C6H6O.CH4.Ca.2H/c7-6-4-2-1-3-5-6;;;;/h1-5,7H;1H4;;;. The summed E-state index contributed by atoms with van der Waals surface area (Å²) in [6.07, 6.45) is 0. The number of para-hydroxylation sites is 1. The number of rotatable bonds is 0. The van der Waals surface area contributed by atoms with E-state index in [1.54, 1.807) is 24.3 Å². The number of benzene rings is 1. The number of hydrogen-bond acceptors (Lipinski definition) is 1. The van der Waals surface area contributed by atoms with E-state index in [1.807, 2.05) is 6.07 Å². The van der Waals surface area contributed by atoms with E-state index in [4.69, 9.17) is 5.11 Å². The molecule has 0 heterocycles. The van der Waals surface area contributed by atoms with Crippen molar-refractivity contribution in [3.8, 4) is 5.75 Å². The molecule has 0 saturated heterocycles. The first-order chi connectivity index (χ1) is 3.39. The fraction of sp³-hybridized carbons (Fsp3) is 0.143. The van der Waals surface area contributed by atoms with Crippen LogP contribution >= 0.6 is 0 Å². The van der Waals surface area contributed by atoms with Crippen LogP contribution in [0.3, 0.4) is 0 Å². The molecule has 0 aliphatic carbocycles. The Morgan fingerprint density at radius 1 is 1.00 bits per heavy atom. The topological polar surface area (TPSA) is 20.2 Å². The van der Waals surface area contributed by atoms with Crippen molar-refractivity contribution in [2.45, 2.75) is 7.43 Å². The molecule has 0 aliphatic rings. The SMILES string of the molecule is C.Oc1ccccc1.[CaH2]. The Morgan fingerprint density at radius 3 is 1.67 bits per heavy atom. The van der Waals surface area contributed by atoms with Gasteiger partial charge in [0.15, 0.2) is 0 Å². The van der Waals surface area contributed by atoms with Crippen molar-refractivity contribution < 1.29 is 5.11 Å². The zero-order valence-electron chi connectivity index (χ0n) is 3.83. The Hall–Kier alpha value is 0.280. The molecule has 9 heavy (non-hydrogen) atoms. The Bertz CT molecular complexity index is 139. The summed E-state index contributed by atoms with van der Waals surface area (Å²) in [7, 11) is 0. The van der Waals surface area contributed by atoms with E-state index in [1.165, 1.54) is 0 Å². The van der Waals surface area contributed by atoms with Crippen molar-refractivity contribution in [3.05, 3.63) is 30.3 Å². The second kappa shape index (κ2) is 6.40. The molecule has 48 valence electrons. The Kier molecular flexibility index (Phi) is 8.54. The summed E-state index contributed by atoms with van der Waals surface area (Å²) in [5.74, 6) is 0.322. The van der Waals surface area contributed by atoms with Crippen LogP contribution in [0.4, 0.5) is 0 Å². The monoisotopic (exact) mass is 152 g/mol. The molecule has 0 bridgehead atoms. The molecule has 0 aliphatic heterocycles. The average Bonchev–Trinajstić information content (AvgIpc) is 1.69. The van der Waals surface area contributed by atoms with Crippen LogP contribution in [-0.4, -0.2) is 42.8 Å². The van der Waals surface area contributed by atoms with Crippen molar-refractivity contribution in [1.82, 2.24) is 0 Å². The Balaban J connectivity index is 0. The van der Waals surface area contributed by atoms with Crippen LogP contribution in [0.25, 0.3) is 0 Å². The molecule has 0 aromatic heterocycles. The fourth-order valence-electron chi connectivity index (χ4n) is 0.428. The van der Waals surface area contributed by atoms with Crippen LogP contribution in [0.1, 0.15) is 7.43 Å². The molecule has 0 atom stereocenters. The van der Waals surface area contributed by atoms with Gasteiger partial charge in [0.05, 0.1) is 0 Å². The zero-order chi connectivity index (χ0) is 5.11. The van der Waals surface area contributed by atoms with E-state index >= 15 is 0 Å². The van der Waals surface area contributed by atoms with Crippen LogP contribution in [0.15, 0.2) is 30.3 Å². The second-order valence-corrected chi connectivity index (χ2v) is 1.34. The minimum atomic E-state index is 0. The van der Waals surface area contributed by atoms with E-state index in [0.717, 1.165) is 0 Å². The predicted octanol–water partition coefficient (Wildman–Crippen LogP) is 1.11. The molecular formula is C7H12CaO. The van der Waals surface area contributed by atoms with Gasteiger partial charge in [0.1, 0.15) is 5.75 Å². The molecule has 0 amide bonds. The number of hydrogen-bond donors (Lipinski definition) is 1. The van der Waals surface area contributed by atoms with Crippen LogP contribution in [0, 0.1) is 0 Å². The average molecular weight is 152 g/mol. The third-order valence-electron chi connectivity index (χ3n) is 0.756. The molecule has 1 N–H and O–H groups in total. The van der Waals surface area contributed by atoms with E-state index in [0.29, 0.717) is 5.75 Å². The molecule has 0 unspecified atom stereocenters. The molecule has 0 saturated carbocycles. The van der Waals surface area contributed by atoms with E-state index in [9.17, 15) is 0 Å². The molecule has 1 rings (SSSR count). The van der Waals surface area contributed by atoms with Gasteiger partial charge in [0, 0.05) is 0 Å². The summed E-state index contributed by atoms with van der Waals surface area (Å²) >= 11 is 0.